The number of nitrogens with zero attached hydrogens (tertiary/aromatic N) is 2. The predicted molar refractivity (Wildman–Crippen MR) is 155 cm³/mol. The Morgan fingerprint density at radius 2 is 1.95 bits per heavy atom. The number of ether oxygens (including phenoxy) is 1. The molecule has 0 spiro atoms. The van der Waals surface area contributed by atoms with Crippen LogP contribution in [-0.2, 0) is 14.3 Å². The number of carbonyl (C=O) groups excluding carboxylic acids is 3. The van der Waals surface area contributed by atoms with Crippen molar-refractivity contribution < 1.29 is 27.9 Å². The zero-order valence-electron chi connectivity index (χ0n) is 23.0. The molecule has 2 aliphatic rings. The molecule has 2 bridgehead atoms. The first-order chi connectivity index (χ1) is 20.2. The zero-order valence-corrected chi connectivity index (χ0v) is 23.8. The van der Waals surface area contributed by atoms with Crippen molar-refractivity contribution in [2.45, 2.75) is 44.6 Å². The summed E-state index contributed by atoms with van der Waals surface area (Å²) in [5, 5.41) is 5.39. The van der Waals surface area contributed by atoms with Crippen LogP contribution in [0.4, 0.5) is 25.0 Å². The first-order valence-corrected chi connectivity index (χ1v) is 13.9. The van der Waals surface area contributed by atoms with Crippen LogP contribution in [0.1, 0.15) is 55.8 Å². The van der Waals surface area contributed by atoms with Gasteiger partial charge in [0.1, 0.15) is 11.6 Å². The molecule has 1 unspecified atom stereocenters. The summed E-state index contributed by atoms with van der Waals surface area (Å²) >= 11 is 5.89. The number of methoxy groups -OCH3 is 1. The first-order valence-electron chi connectivity index (χ1n) is 13.5. The van der Waals surface area contributed by atoms with Crippen LogP contribution in [0, 0.1) is 17.6 Å². The van der Waals surface area contributed by atoms with E-state index in [2.05, 4.69) is 20.4 Å². The van der Waals surface area contributed by atoms with E-state index >= 15 is 0 Å². The summed E-state index contributed by atoms with van der Waals surface area (Å²) in [6.07, 6.45) is 5.71. The fourth-order valence-corrected chi connectivity index (χ4v) is 5.54. The Morgan fingerprint density at radius 3 is 2.71 bits per heavy atom. The molecule has 11 heteroatoms. The Bertz CT molecular complexity index is 1580. The standard InChI is InChI=1S/C31H29ClF2N4O4/c1-17-4-3-5-26(38-13-11-19(15-27(38)39)28-23(33)9-8-22(32)29(28)34)25-14-18(10-12-35-25)21-7-6-20(36-31(41)42-2)16-24(21)37-30(17)40/h6-14,16-17,19,26H,3-5,15H2,1-2H3,(H,36,41)(H,37,40)/t17-,19?,26+/m1/s1. The smallest absolute Gasteiger partial charge is 0.411 e. The summed E-state index contributed by atoms with van der Waals surface area (Å²) in [5.41, 5.74) is 2.78. The second kappa shape index (κ2) is 12.3. The van der Waals surface area contributed by atoms with Crippen molar-refractivity contribution in [1.29, 1.82) is 0 Å². The van der Waals surface area contributed by atoms with Gasteiger partial charge in [-0.25, -0.2) is 13.6 Å². The van der Waals surface area contributed by atoms with Gasteiger partial charge in [-0.05, 0) is 54.8 Å². The minimum atomic E-state index is -0.871. The normalized spacial score (nSPS) is 20.6. The lowest BCUT2D eigenvalue weighted by Crippen LogP contribution is -2.35. The van der Waals surface area contributed by atoms with Gasteiger partial charge >= 0.3 is 6.09 Å². The van der Waals surface area contributed by atoms with Crippen LogP contribution in [0.2, 0.25) is 5.02 Å². The van der Waals surface area contributed by atoms with Crippen molar-refractivity contribution in [3.63, 3.8) is 0 Å². The molecule has 0 fully saturated rings. The van der Waals surface area contributed by atoms with E-state index in [9.17, 15) is 23.2 Å². The molecule has 42 heavy (non-hydrogen) atoms. The van der Waals surface area contributed by atoms with Gasteiger partial charge in [-0.3, -0.25) is 19.9 Å². The second-order valence-electron chi connectivity index (χ2n) is 10.4. The fourth-order valence-electron chi connectivity index (χ4n) is 5.38. The quantitative estimate of drug-likeness (QED) is 0.313. The molecule has 1 aromatic heterocycles. The third-order valence-corrected chi connectivity index (χ3v) is 7.94. The van der Waals surface area contributed by atoms with Gasteiger partial charge in [0.2, 0.25) is 11.8 Å². The zero-order chi connectivity index (χ0) is 30.0. The molecule has 8 nitrogen and oxygen atoms in total. The van der Waals surface area contributed by atoms with Crippen molar-refractivity contribution in [3.05, 3.63) is 88.9 Å². The molecule has 0 saturated heterocycles. The number of anilines is 2. The van der Waals surface area contributed by atoms with Crippen LogP contribution in [0.3, 0.4) is 0 Å². The molecular weight excluding hydrogens is 566 g/mol. The van der Waals surface area contributed by atoms with E-state index in [1.54, 1.807) is 47.6 Å². The van der Waals surface area contributed by atoms with Crippen molar-refractivity contribution in [2.75, 3.05) is 17.7 Å². The van der Waals surface area contributed by atoms with E-state index in [4.69, 9.17) is 11.6 Å². The van der Waals surface area contributed by atoms with Crippen LogP contribution >= 0.6 is 11.6 Å². The highest BCUT2D eigenvalue weighted by Gasteiger charge is 2.33. The Kier molecular flexibility index (Phi) is 8.54. The van der Waals surface area contributed by atoms with Gasteiger partial charge in [-0.15, -0.1) is 0 Å². The van der Waals surface area contributed by atoms with E-state index in [0.717, 1.165) is 17.7 Å². The molecule has 5 rings (SSSR count). The summed E-state index contributed by atoms with van der Waals surface area (Å²) < 4.78 is 34.0. The molecular formula is C31H29ClF2N4O4. The fraction of sp³-hybridized carbons (Fsp3) is 0.290. The van der Waals surface area contributed by atoms with E-state index in [-0.39, 0.29) is 34.7 Å². The lowest BCUT2D eigenvalue weighted by atomic mass is 9.90. The van der Waals surface area contributed by atoms with Gasteiger partial charge in [-0.1, -0.05) is 37.1 Å². The lowest BCUT2D eigenvalue weighted by molar-refractivity contribution is -0.131. The lowest BCUT2D eigenvalue weighted by Gasteiger charge is -2.34. The molecule has 0 aliphatic carbocycles. The summed E-state index contributed by atoms with van der Waals surface area (Å²) in [7, 11) is 1.26. The number of rotatable bonds is 3. The Morgan fingerprint density at radius 1 is 1.14 bits per heavy atom. The summed E-state index contributed by atoms with van der Waals surface area (Å²) in [6, 6.07) is 10.6. The van der Waals surface area contributed by atoms with Gasteiger partial charge in [-0.2, -0.15) is 0 Å². The number of nitrogens with one attached hydrogen (secondary N) is 2. The topological polar surface area (TPSA) is 101 Å². The largest absolute Gasteiger partial charge is 0.453 e. The highest BCUT2D eigenvalue weighted by atomic mass is 35.5. The number of halogens is 3. The molecule has 0 radical (unpaired) electrons. The first kappa shape index (κ1) is 29.2. The predicted octanol–water partition coefficient (Wildman–Crippen LogP) is 7.19. The summed E-state index contributed by atoms with van der Waals surface area (Å²) in [4.78, 5) is 44.5. The molecule has 3 amide bonds. The molecule has 2 N–H and O–H groups in total. The second-order valence-corrected chi connectivity index (χ2v) is 10.8. The number of carbonyl (C=O) groups is 3. The number of pyridine rings is 1. The minimum absolute atomic E-state index is 0.140. The molecule has 2 aromatic carbocycles. The van der Waals surface area contributed by atoms with Crippen molar-refractivity contribution in [3.8, 4) is 11.1 Å². The van der Waals surface area contributed by atoms with Crippen LogP contribution in [0.25, 0.3) is 11.1 Å². The third-order valence-electron chi connectivity index (χ3n) is 7.65. The number of allylic oxidation sites excluding steroid dienone is 1. The number of amides is 3. The Balaban J connectivity index is 1.52. The Labute approximate surface area is 246 Å². The molecule has 0 saturated carbocycles. The van der Waals surface area contributed by atoms with Gasteiger partial charge in [0, 0.05) is 47.5 Å². The molecule has 3 atom stereocenters. The van der Waals surface area contributed by atoms with Crippen LogP contribution < -0.4 is 10.6 Å². The highest BCUT2D eigenvalue weighted by Crippen LogP contribution is 2.39. The van der Waals surface area contributed by atoms with Gasteiger partial charge in [0.05, 0.1) is 29.6 Å². The van der Waals surface area contributed by atoms with Gasteiger partial charge < -0.3 is 15.0 Å². The molecule has 3 aromatic rings. The molecule has 3 heterocycles. The van der Waals surface area contributed by atoms with E-state index in [1.165, 1.54) is 7.11 Å². The maximum atomic E-state index is 14.7. The average Bonchev–Trinajstić information content (AvgIpc) is 2.97. The van der Waals surface area contributed by atoms with Crippen molar-refractivity contribution in [1.82, 2.24) is 9.88 Å². The number of hydrogen-bond acceptors (Lipinski definition) is 5. The SMILES string of the molecule is COC(=O)Nc1ccc2c(c1)NC(=O)[C@H](C)CCC[C@H](N1C=CC(c3c(F)ccc(Cl)c3F)CC1=O)c1cc-2ccn1. The number of benzene rings is 2. The average molecular weight is 595 g/mol. The summed E-state index contributed by atoms with van der Waals surface area (Å²) in [6.45, 7) is 1.83. The van der Waals surface area contributed by atoms with Crippen molar-refractivity contribution in [2.24, 2.45) is 5.92 Å². The monoisotopic (exact) mass is 594 g/mol. The van der Waals surface area contributed by atoms with E-state index < -0.39 is 29.7 Å². The number of aromatic nitrogens is 1. The maximum Gasteiger partial charge on any atom is 0.411 e. The number of hydrogen-bond donors (Lipinski definition) is 2. The minimum Gasteiger partial charge on any atom is -0.453 e. The molecule has 2 aliphatic heterocycles. The third kappa shape index (κ3) is 5.99. The van der Waals surface area contributed by atoms with Crippen LogP contribution in [-0.4, -0.2) is 34.9 Å². The number of fused-ring (bicyclic) bond motifs is 4. The highest BCUT2D eigenvalue weighted by molar-refractivity contribution is 6.30. The summed E-state index contributed by atoms with van der Waals surface area (Å²) in [5.74, 6) is -3.27. The van der Waals surface area contributed by atoms with E-state index in [0.29, 0.717) is 41.9 Å². The van der Waals surface area contributed by atoms with Crippen LogP contribution in [0.15, 0.2) is 60.9 Å². The van der Waals surface area contributed by atoms with Crippen LogP contribution in [0.5, 0.6) is 0 Å². The van der Waals surface area contributed by atoms with Gasteiger partial charge in [0.25, 0.3) is 0 Å². The Hall–Kier alpha value is -4.31. The molecule has 218 valence electrons. The van der Waals surface area contributed by atoms with E-state index in [1.807, 2.05) is 13.0 Å². The van der Waals surface area contributed by atoms with Crippen molar-refractivity contribution >= 4 is 40.9 Å². The van der Waals surface area contributed by atoms with Gasteiger partial charge in [0.15, 0.2) is 0 Å². The maximum absolute atomic E-state index is 14.7.